The van der Waals surface area contributed by atoms with Crippen LogP contribution in [0.3, 0.4) is 0 Å². The van der Waals surface area contributed by atoms with Crippen LogP contribution in [-0.4, -0.2) is 21.9 Å². The van der Waals surface area contributed by atoms with Gasteiger partial charge >= 0.3 is 0 Å². The number of hydrogen-bond donors (Lipinski definition) is 2. The van der Waals surface area contributed by atoms with Crippen LogP contribution in [0.2, 0.25) is 10.0 Å². The summed E-state index contributed by atoms with van der Waals surface area (Å²) >= 11 is 11.9. The molecule has 132 valence electrons. The van der Waals surface area contributed by atoms with Gasteiger partial charge in [0.15, 0.2) is 0 Å². The number of amides is 1. The van der Waals surface area contributed by atoms with Crippen molar-refractivity contribution < 1.29 is 4.79 Å². The van der Waals surface area contributed by atoms with Gasteiger partial charge in [0, 0.05) is 17.9 Å². The van der Waals surface area contributed by atoms with Gasteiger partial charge in [0.05, 0.1) is 10.0 Å². The number of benzene rings is 1. The van der Waals surface area contributed by atoms with Crippen molar-refractivity contribution in [3.05, 3.63) is 46.2 Å². The molecule has 3 rings (SSSR count). The molecule has 7 heteroatoms. The van der Waals surface area contributed by atoms with E-state index in [0.29, 0.717) is 33.4 Å². The van der Waals surface area contributed by atoms with E-state index < -0.39 is 0 Å². The van der Waals surface area contributed by atoms with Crippen molar-refractivity contribution in [3.63, 3.8) is 0 Å². The second-order valence-corrected chi connectivity index (χ2v) is 7.00. The van der Waals surface area contributed by atoms with Crippen LogP contribution >= 0.6 is 23.2 Å². The van der Waals surface area contributed by atoms with Gasteiger partial charge in [0.2, 0.25) is 5.95 Å². The minimum absolute atomic E-state index is 0.303. The Kier molecular flexibility index (Phi) is 6.10. The van der Waals surface area contributed by atoms with E-state index in [4.69, 9.17) is 23.2 Å². The van der Waals surface area contributed by atoms with Crippen LogP contribution in [0.1, 0.15) is 49.0 Å². The molecule has 1 aliphatic carbocycles. The highest BCUT2D eigenvalue weighted by atomic mass is 35.5. The summed E-state index contributed by atoms with van der Waals surface area (Å²) in [5.41, 5.74) is 0.869. The first-order chi connectivity index (χ1) is 12.1. The third-order valence-corrected chi connectivity index (χ3v) is 4.99. The summed E-state index contributed by atoms with van der Waals surface area (Å²) in [6, 6.07) is 6.89. The van der Waals surface area contributed by atoms with Crippen LogP contribution in [0.25, 0.3) is 0 Å². The van der Waals surface area contributed by atoms with Crippen LogP contribution in [0.5, 0.6) is 0 Å². The second kappa shape index (κ2) is 8.50. The molecule has 1 aromatic heterocycles. The highest BCUT2D eigenvalue weighted by molar-refractivity contribution is 6.42. The number of rotatable bonds is 4. The van der Waals surface area contributed by atoms with Gasteiger partial charge < -0.3 is 10.6 Å². The standard InChI is InChI=1S/C18H20Cl2N4O/c19-14-8-7-13(11-15(14)20)22-17(25)16-9-10-21-18(24-16)23-12-5-3-1-2-4-6-12/h7-12H,1-6H2,(H,22,25)(H,21,23,24). The van der Waals surface area contributed by atoms with Crippen molar-refractivity contribution in [1.29, 1.82) is 0 Å². The van der Waals surface area contributed by atoms with Crippen LogP contribution in [0.4, 0.5) is 11.6 Å². The SMILES string of the molecule is O=C(Nc1ccc(Cl)c(Cl)c1)c1ccnc(NC2CCCCCC2)n1. The van der Waals surface area contributed by atoms with Crippen LogP contribution in [0.15, 0.2) is 30.5 Å². The monoisotopic (exact) mass is 378 g/mol. The summed E-state index contributed by atoms with van der Waals surface area (Å²) in [6.07, 6.45) is 8.82. The lowest BCUT2D eigenvalue weighted by Crippen LogP contribution is -2.21. The van der Waals surface area contributed by atoms with Gasteiger partial charge in [-0.1, -0.05) is 48.9 Å². The molecule has 1 amide bonds. The molecule has 1 saturated carbocycles. The van der Waals surface area contributed by atoms with Gasteiger partial charge in [-0.25, -0.2) is 9.97 Å². The summed E-state index contributed by atoms with van der Waals surface area (Å²) in [5, 5.41) is 6.95. The van der Waals surface area contributed by atoms with Gasteiger partial charge in [-0.05, 0) is 37.1 Å². The lowest BCUT2D eigenvalue weighted by atomic mass is 10.1. The fourth-order valence-electron chi connectivity index (χ4n) is 2.93. The number of aromatic nitrogens is 2. The van der Waals surface area contributed by atoms with Crippen molar-refractivity contribution in [2.45, 2.75) is 44.6 Å². The molecule has 0 aliphatic heterocycles. The Bertz CT molecular complexity index is 746. The predicted octanol–water partition coefficient (Wildman–Crippen LogP) is 5.17. The maximum atomic E-state index is 12.4. The lowest BCUT2D eigenvalue weighted by molar-refractivity contribution is 0.102. The second-order valence-electron chi connectivity index (χ2n) is 6.18. The zero-order valence-electron chi connectivity index (χ0n) is 13.8. The van der Waals surface area contributed by atoms with E-state index in [1.807, 2.05) is 0 Å². The van der Waals surface area contributed by atoms with Crippen molar-refractivity contribution in [1.82, 2.24) is 9.97 Å². The normalized spacial score (nSPS) is 15.4. The maximum Gasteiger partial charge on any atom is 0.274 e. The Hall–Kier alpha value is -1.85. The number of nitrogens with zero attached hydrogens (tertiary/aromatic N) is 2. The molecule has 1 heterocycles. The third kappa shape index (κ3) is 5.06. The van der Waals surface area contributed by atoms with Crippen molar-refractivity contribution in [3.8, 4) is 0 Å². The molecule has 5 nitrogen and oxygen atoms in total. The van der Waals surface area contributed by atoms with Crippen molar-refractivity contribution in [2.24, 2.45) is 0 Å². The topological polar surface area (TPSA) is 66.9 Å². The molecule has 25 heavy (non-hydrogen) atoms. The zero-order chi connectivity index (χ0) is 17.6. The summed E-state index contributed by atoms with van der Waals surface area (Å²) in [4.78, 5) is 21.0. The molecular weight excluding hydrogens is 359 g/mol. The number of nitrogens with one attached hydrogen (secondary N) is 2. The smallest absolute Gasteiger partial charge is 0.274 e. The Morgan fingerprint density at radius 3 is 2.52 bits per heavy atom. The Balaban J connectivity index is 1.67. The number of carbonyl (C=O) groups is 1. The van der Waals surface area contributed by atoms with E-state index in [2.05, 4.69) is 20.6 Å². The average molecular weight is 379 g/mol. The number of anilines is 2. The first-order valence-corrected chi connectivity index (χ1v) is 9.23. The van der Waals surface area contributed by atoms with Gasteiger partial charge in [0.25, 0.3) is 5.91 Å². The van der Waals surface area contributed by atoms with E-state index in [1.54, 1.807) is 30.5 Å². The van der Waals surface area contributed by atoms with Crippen LogP contribution in [0, 0.1) is 0 Å². The first kappa shape index (κ1) is 18.0. The number of halogens is 2. The number of hydrogen-bond acceptors (Lipinski definition) is 4. The summed E-state index contributed by atoms with van der Waals surface area (Å²) < 4.78 is 0. The van der Waals surface area contributed by atoms with Gasteiger partial charge in [-0.3, -0.25) is 4.79 Å². The fraction of sp³-hybridized carbons (Fsp3) is 0.389. The maximum absolute atomic E-state index is 12.4. The Morgan fingerprint density at radius 2 is 1.80 bits per heavy atom. The predicted molar refractivity (Wildman–Crippen MR) is 102 cm³/mol. The minimum Gasteiger partial charge on any atom is -0.351 e. The van der Waals surface area contributed by atoms with Gasteiger partial charge in [-0.15, -0.1) is 0 Å². The molecule has 1 aromatic carbocycles. The van der Waals surface area contributed by atoms with E-state index in [1.165, 1.54) is 25.7 Å². The fourth-order valence-corrected chi connectivity index (χ4v) is 3.23. The third-order valence-electron chi connectivity index (χ3n) is 4.25. The van der Waals surface area contributed by atoms with E-state index >= 15 is 0 Å². The van der Waals surface area contributed by atoms with E-state index in [-0.39, 0.29) is 5.91 Å². The van der Waals surface area contributed by atoms with Gasteiger partial charge in [0.1, 0.15) is 5.69 Å². The molecule has 0 atom stereocenters. The highest BCUT2D eigenvalue weighted by Gasteiger charge is 2.15. The van der Waals surface area contributed by atoms with Crippen LogP contribution in [-0.2, 0) is 0 Å². The largest absolute Gasteiger partial charge is 0.351 e. The highest BCUT2D eigenvalue weighted by Crippen LogP contribution is 2.25. The van der Waals surface area contributed by atoms with E-state index in [9.17, 15) is 4.79 Å². The molecule has 0 unspecified atom stereocenters. The van der Waals surface area contributed by atoms with Crippen molar-refractivity contribution in [2.75, 3.05) is 10.6 Å². The number of carbonyl (C=O) groups excluding carboxylic acids is 1. The summed E-state index contributed by atoms with van der Waals surface area (Å²) in [6.45, 7) is 0. The first-order valence-electron chi connectivity index (χ1n) is 8.48. The molecule has 0 saturated heterocycles. The Labute approximate surface area is 157 Å². The lowest BCUT2D eigenvalue weighted by Gasteiger charge is -2.16. The molecule has 2 aromatic rings. The quantitative estimate of drug-likeness (QED) is 0.720. The minimum atomic E-state index is -0.315. The van der Waals surface area contributed by atoms with Crippen LogP contribution < -0.4 is 10.6 Å². The Morgan fingerprint density at radius 1 is 1.04 bits per heavy atom. The molecule has 0 radical (unpaired) electrons. The summed E-state index contributed by atoms with van der Waals surface area (Å²) in [5.74, 6) is 0.179. The van der Waals surface area contributed by atoms with Crippen molar-refractivity contribution >= 4 is 40.7 Å². The zero-order valence-corrected chi connectivity index (χ0v) is 15.3. The molecule has 1 aliphatic rings. The molecule has 0 spiro atoms. The molecular formula is C18H20Cl2N4O. The van der Waals surface area contributed by atoms with E-state index in [0.717, 1.165) is 12.8 Å². The molecule has 2 N–H and O–H groups in total. The average Bonchev–Trinajstić information content (AvgIpc) is 2.87. The summed E-state index contributed by atoms with van der Waals surface area (Å²) in [7, 11) is 0. The molecule has 1 fully saturated rings. The van der Waals surface area contributed by atoms with Gasteiger partial charge in [-0.2, -0.15) is 0 Å². The molecule has 0 bridgehead atoms.